The first-order chi connectivity index (χ1) is 16.0. The lowest BCUT2D eigenvalue weighted by molar-refractivity contribution is 0.0349. The van der Waals surface area contributed by atoms with Crippen LogP contribution in [0.15, 0.2) is 91.0 Å². The van der Waals surface area contributed by atoms with Crippen molar-refractivity contribution in [3.8, 4) is 0 Å². The fraction of sp³-hybridized carbons (Fsp3) is 0.321. The maximum atomic E-state index is 13.3. The van der Waals surface area contributed by atoms with E-state index in [1.54, 1.807) is 19.1 Å². The van der Waals surface area contributed by atoms with Crippen molar-refractivity contribution in [2.45, 2.75) is 52.2 Å². The van der Waals surface area contributed by atoms with E-state index in [0.717, 1.165) is 29.9 Å². The first-order valence-electron chi connectivity index (χ1n) is 11.6. The number of carbonyl (C=O) groups excluding carboxylic acids is 1. The van der Waals surface area contributed by atoms with Crippen LogP contribution in [0.3, 0.4) is 0 Å². The third-order valence-electron chi connectivity index (χ3n) is 5.84. The summed E-state index contributed by atoms with van der Waals surface area (Å²) < 4.78 is 13.2. The van der Waals surface area contributed by atoms with Crippen LogP contribution >= 0.6 is 7.72 Å². The van der Waals surface area contributed by atoms with Gasteiger partial charge in [-0.15, -0.1) is 0 Å². The predicted molar refractivity (Wildman–Crippen MR) is 136 cm³/mol. The van der Waals surface area contributed by atoms with E-state index in [1.807, 2.05) is 85.8 Å². The molecular weight excluding hydrogens is 431 g/mol. The summed E-state index contributed by atoms with van der Waals surface area (Å²) in [4.78, 5) is 13.3. The van der Waals surface area contributed by atoms with Crippen LogP contribution in [0, 0.1) is 5.92 Å². The van der Waals surface area contributed by atoms with Crippen LogP contribution in [0.4, 0.5) is 0 Å². The van der Waals surface area contributed by atoms with Gasteiger partial charge < -0.3 is 5.11 Å². The van der Waals surface area contributed by atoms with Gasteiger partial charge in [0.1, 0.15) is 6.10 Å². The molecule has 0 aliphatic rings. The van der Waals surface area contributed by atoms with E-state index in [4.69, 9.17) is 9.05 Å². The van der Waals surface area contributed by atoms with E-state index in [1.165, 1.54) is 0 Å². The summed E-state index contributed by atoms with van der Waals surface area (Å²) in [6.45, 7) is 5.92. The van der Waals surface area contributed by atoms with Crippen molar-refractivity contribution in [1.29, 1.82) is 0 Å². The summed E-state index contributed by atoms with van der Waals surface area (Å²) in [5.41, 5.74) is 0.475. The zero-order valence-electron chi connectivity index (χ0n) is 19.6. The number of carbonyl (C=O) groups is 1. The van der Waals surface area contributed by atoms with Gasteiger partial charge >= 0.3 is 13.7 Å². The van der Waals surface area contributed by atoms with Crippen LogP contribution in [0.2, 0.25) is 0 Å². The molecule has 1 N–H and O–H groups in total. The Labute approximate surface area is 198 Å². The molecule has 0 amide bonds. The first kappa shape index (κ1) is 25.1. The largest absolute Gasteiger partial charge is 0.393 e. The van der Waals surface area contributed by atoms with Crippen LogP contribution < -0.4 is 10.6 Å². The van der Waals surface area contributed by atoms with Gasteiger partial charge in [0.15, 0.2) is 10.6 Å². The van der Waals surface area contributed by atoms with E-state index in [2.05, 4.69) is 6.92 Å². The molecule has 3 aromatic carbocycles. The summed E-state index contributed by atoms with van der Waals surface area (Å²) in [6.07, 6.45) is 2.01. The Hall–Kier alpha value is -2.52. The van der Waals surface area contributed by atoms with Gasteiger partial charge in [-0.1, -0.05) is 74.4 Å². The van der Waals surface area contributed by atoms with Crippen LogP contribution in [0.25, 0.3) is 0 Å². The highest BCUT2D eigenvalue weighted by atomic mass is 31.2. The van der Waals surface area contributed by atoms with E-state index >= 15 is 0 Å². The van der Waals surface area contributed by atoms with Gasteiger partial charge in [-0.25, -0.2) is 4.79 Å². The minimum absolute atomic E-state index is 0.0767. The van der Waals surface area contributed by atoms with Crippen molar-refractivity contribution in [1.82, 2.24) is 0 Å². The van der Waals surface area contributed by atoms with Crippen LogP contribution in [-0.2, 0) is 9.05 Å². The molecule has 0 spiro atoms. The molecular formula is C28H34O4P+. The highest BCUT2D eigenvalue weighted by Crippen LogP contribution is 2.60. The van der Waals surface area contributed by atoms with Gasteiger partial charge in [0.05, 0.1) is 11.7 Å². The highest BCUT2D eigenvalue weighted by molar-refractivity contribution is 7.81. The maximum Gasteiger partial charge on any atom is 0.391 e. The standard InChI is InChI=1S/C28H34O4P/c1-4-5-21-27(22(2)29)23(3)31-33(25-17-11-7-12-18-25,26-19-13-8-14-20-26)32-28(30)24-15-9-6-10-16-24/h6-20,22-23,27,29H,4-5,21H2,1-3H3/q+1. The lowest BCUT2D eigenvalue weighted by Crippen LogP contribution is -2.36. The number of hydrogen-bond acceptors (Lipinski definition) is 4. The van der Waals surface area contributed by atoms with Gasteiger partial charge in [0.25, 0.3) is 0 Å². The SMILES string of the molecule is CCCCC(C(C)O)C(C)O[P+](OC(=O)c1ccccc1)(c1ccccc1)c1ccccc1. The topological polar surface area (TPSA) is 55.8 Å². The van der Waals surface area contributed by atoms with Crippen molar-refractivity contribution in [2.24, 2.45) is 5.92 Å². The number of aliphatic hydroxyl groups is 1. The third kappa shape index (κ3) is 6.29. The normalized spacial score (nSPS) is 14.3. The number of aliphatic hydroxyl groups excluding tert-OH is 1. The Bertz CT molecular complexity index is 937. The zero-order valence-corrected chi connectivity index (χ0v) is 20.5. The fourth-order valence-electron chi connectivity index (χ4n) is 4.01. The van der Waals surface area contributed by atoms with Gasteiger partial charge in [-0.05, 0) is 56.7 Å². The smallest absolute Gasteiger partial charge is 0.391 e. The molecule has 0 saturated heterocycles. The number of unbranched alkanes of at least 4 members (excludes halogenated alkanes) is 1. The molecule has 3 aromatic rings. The molecule has 3 unspecified atom stereocenters. The molecule has 33 heavy (non-hydrogen) atoms. The molecule has 0 radical (unpaired) electrons. The fourth-order valence-corrected chi connectivity index (χ4v) is 6.90. The first-order valence-corrected chi connectivity index (χ1v) is 13.3. The van der Waals surface area contributed by atoms with Crippen LogP contribution in [0.5, 0.6) is 0 Å². The summed E-state index contributed by atoms with van der Waals surface area (Å²) in [5.74, 6) is -0.502. The summed E-state index contributed by atoms with van der Waals surface area (Å²) in [6, 6.07) is 28.4. The molecule has 0 aliphatic carbocycles. The van der Waals surface area contributed by atoms with E-state index < -0.39 is 19.8 Å². The van der Waals surface area contributed by atoms with Gasteiger partial charge in [-0.3, -0.25) is 4.52 Å². The Morgan fingerprint density at radius 2 is 1.33 bits per heavy atom. The van der Waals surface area contributed by atoms with E-state index in [-0.39, 0.29) is 12.0 Å². The minimum atomic E-state index is -3.06. The summed E-state index contributed by atoms with van der Waals surface area (Å²) in [5, 5.41) is 12.2. The molecule has 174 valence electrons. The molecule has 4 nitrogen and oxygen atoms in total. The molecule has 0 fully saturated rings. The zero-order chi connectivity index (χ0) is 23.7. The average molecular weight is 466 g/mol. The monoisotopic (exact) mass is 465 g/mol. The van der Waals surface area contributed by atoms with Gasteiger partial charge in [-0.2, -0.15) is 4.52 Å². The molecule has 0 bridgehead atoms. The van der Waals surface area contributed by atoms with Crippen molar-refractivity contribution in [3.05, 3.63) is 96.6 Å². The number of hydrogen-bond donors (Lipinski definition) is 1. The van der Waals surface area contributed by atoms with E-state index in [9.17, 15) is 9.90 Å². The summed E-state index contributed by atoms with van der Waals surface area (Å²) in [7, 11) is -3.06. The molecule has 0 saturated carbocycles. The lowest BCUT2D eigenvalue weighted by atomic mass is 9.92. The van der Waals surface area contributed by atoms with E-state index in [0.29, 0.717) is 5.56 Å². The van der Waals surface area contributed by atoms with Crippen molar-refractivity contribution < 1.29 is 18.9 Å². The van der Waals surface area contributed by atoms with Crippen molar-refractivity contribution in [2.75, 3.05) is 0 Å². The van der Waals surface area contributed by atoms with Gasteiger partial charge in [0.2, 0.25) is 0 Å². The van der Waals surface area contributed by atoms with Crippen LogP contribution in [-0.4, -0.2) is 23.3 Å². The van der Waals surface area contributed by atoms with Gasteiger partial charge in [0, 0.05) is 5.92 Å². The molecule has 5 heteroatoms. The second-order valence-corrected chi connectivity index (χ2v) is 10.9. The quantitative estimate of drug-likeness (QED) is 0.357. The molecule has 0 aliphatic heterocycles. The number of rotatable bonds is 11. The second kappa shape index (κ2) is 12.1. The Kier molecular flexibility index (Phi) is 9.20. The second-order valence-electron chi connectivity index (χ2n) is 8.32. The molecule has 3 atom stereocenters. The minimum Gasteiger partial charge on any atom is -0.393 e. The van der Waals surface area contributed by atoms with Crippen LogP contribution in [0.1, 0.15) is 50.4 Å². The van der Waals surface area contributed by atoms with Crippen molar-refractivity contribution >= 4 is 24.3 Å². The Morgan fingerprint density at radius 3 is 1.79 bits per heavy atom. The Balaban J connectivity index is 2.09. The third-order valence-corrected chi connectivity index (χ3v) is 8.85. The molecule has 0 heterocycles. The maximum absolute atomic E-state index is 13.3. The predicted octanol–water partition coefficient (Wildman–Crippen LogP) is 5.93. The Morgan fingerprint density at radius 1 is 0.848 bits per heavy atom. The summed E-state index contributed by atoms with van der Waals surface area (Å²) >= 11 is 0. The lowest BCUT2D eigenvalue weighted by Gasteiger charge is -2.31. The molecule has 0 aromatic heterocycles. The van der Waals surface area contributed by atoms with Crippen molar-refractivity contribution in [3.63, 3.8) is 0 Å². The highest BCUT2D eigenvalue weighted by Gasteiger charge is 2.53. The average Bonchev–Trinajstić information content (AvgIpc) is 2.85. The molecule has 3 rings (SSSR count). The number of benzene rings is 3.